The van der Waals surface area contributed by atoms with Gasteiger partial charge in [0.2, 0.25) is 0 Å². The maximum Gasteiger partial charge on any atom is 0 e. The van der Waals surface area contributed by atoms with E-state index in [0.29, 0.717) is 0 Å². The zero-order chi connectivity index (χ0) is 2.00. The van der Waals surface area contributed by atoms with Crippen molar-refractivity contribution in [2.75, 3.05) is 0 Å². The molecule has 0 aromatic rings. The van der Waals surface area contributed by atoms with Gasteiger partial charge in [-0.3, -0.25) is 0 Å². The Morgan fingerprint density at radius 1 is 1.20 bits per heavy atom. The Labute approximate surface area is 136 Å². The van der Waals surface area contributed by atoms with Crippen LogP contribution in [0.3, 0.4) is 0 Å². The predicted molar refractivity (Wildman–Crippen MR) is 17.9 cm³/mol. The van der Waals surface area contributed by atoms with Crippen LogP contribution >= 0.6 is 0 Å². The van der Waals surface area contributed by atoms with E-state index >= 15 is 0 Å². The fraction of sp³-hybridized carbons (Fsp3) is 0. The molecule has 0 aliphatic rings. The average Bonchev–Trinajstić information content (AvgIpc) is 1.00. The molecule has 0 heterocycles. The molecule has 0 aliphatic heterocycles. The van der Waals surface area contributed by atoms with Crippen LogP contribution in [0.15, 0.2) is 0 Å². The summed E-state index contributed by atoms with van der Waals surface area (Å²) in [6, 6.07) is 0. The third-order valence-electron chi connectivity index (χ3n) is 0. The summed E-state index contributed by atoms with van der Waals surface area (Å²) in [6.07, 6.45) is 0. The van der Waals surface area contributed by atoms with Crippen LogP contribution in [0.5, 0.6) is 0 Å². The second-order valence-corrected chi connectivity index (χ2v) is 0. The first-order valence-corrected chi connectivity index (χ1v) is 0.508. The maximum absolute atomic E-state index is 7.81. The molecule has 0 N–H and O–H groups in total. The van der Waals surface area contributed by atoms with Gasteiger partial charge in [-0.25, -0.2) is 0 Å². The summed E-state index contributed by atoms with van der Waals surface area (Å²) in [6.45, 7) is 0. The van der Waals surface area contributed by atoms with E-state index in [1.165, 1.54) is 0 Å². The molecule has 0 aromatic carbocycles. The molecule has 0 rings (SSSR count). The van der Waals surface area contributed by atoms with E-state index in [9.17, 15) is 0 Å². The van der Waals surface area contributed by atoms with E-state index in [4.69, 9.17) is 3.83 Å². The fourth-order valence-electron chi connectivity index (χ4n) is 0. The zero-order valence-electron chi connectivity index (χ0n) is 2.57. The van der Waals surface area contributed by atoms with E-state index in [-0.39, 0.29) is 121 Å². The Kier molecular flexibility index (Phi) is 110. The molecule has 0 spiro atoms. The van der Waals surface area contributed by atoms with Crippen molar-refractivity contribution in [3.63, 3.8) is 0 Å². The Bertz CT molecular complexity index is 11.6. The number of hydrogen-bond donors (Lipinski definition) is 0. The van der Waals surface area contributed by atoms with Crippen molar-refractivity contribution in [3.05, 3.63) is 0 Å². The fourth-order valence-corrected chi connectivity index (χ4v) is 0. The van der Waals surface area contributed by atoms with Crippen LogP contribution in [0.2, 0.25) is 0 Å². The Balaban J connectivity index is -0.00000000167. The molecule has 26 valence electrons. The molecule has 0 atom stereocenters. The standard InChI is InChI=1S/Ba.Bi.Cu.O.Sr. The minimum atomic E-state index is 0. The normalized spacial score (nSPS) is 1.20. The third-order valence-corrected chi connectivity index (χ3v) is 0. The van der Waals surface area contributed by atoms with Gasteiger partial charge in [0.15, 0.2) is 0 Å². The second-order valence-electron chi connectivity index (χ2n) is 0. The van der Waals surface area contributed by atoms with Crippen molar-refractivity contribution in [1.29, 1.82) is 0 Å². The van der Waals surface area contributed by atoms with E-state index in [0.717, 1.165) is 0 Å². The van der Waals surface area contributed by atoms with Crippen molar-refractivity contribution in [3.8, 4) is 0 Å². The summed E-state index contributed by atoms with van der Waals surface area (Å²) in [5.74, 6) is 0. The van der Waals surface area contributed by atoms with Crippen LogP contribution in [-0.4, -0.2) is 121 Å². The van der Waals surface area contributed by atoms with Crippen molar-refractivity contribution < 1.29 is 19.8 Å². The monoisotopic (exact) mass is 514 g/mol. The summed E-state index contributed by atoms with van der Waals surface area (Å²) in [4.78, 5) is 0. The molecule has 0 saturated heterocycles. The van der Waals surface area contributed by atoms with Gasteiger partial charge in [0.05, 0.1) is 0 Å². The topological polar surface area (TPSA) is 17.1 Å². The first-order chi connectivity index (χ1) is 1.00. The largest absolute Gasteiger partial charge is 0 e. The van der Waals surface area contributed by atoms with Gasteiger partial charge in [0.25, 0.3) is 0 Å². The molecule has 0 unspecified atom stereocenters. The van der Waals surface area contributed by atoms with Crippen LogP contribution in [0, 0.1) is 0 Å². The minimum absolute atomic E-state index is 0. The van der Waals surface area contributed by atoms with Crippen LogP contribution < -0.4 is 0 Å². The molecule has 5 heavy (non-hydrogen) atoms. The first kappa shape index (κ1) is 22.8. The van der Waals surface area contributed by atoms with Gasteiger partial charge in [-0.05, 0) is 0 Å². The van der Waals surface area contributed by atoms with E-state index in [2.05, 4.69) is 15.9 Å². The Hall–Kier alpha value is 4.25. The molecule has 0 aromatic heterocycles. The molecule has 0 saturated carbocycles. The molecule has 0 aliphatic carbocycles. The van der Waals surface area contributed by atoms with Gasteiger partial charge in [0, 0.05) is 121 Å². The summed E-state index contributed by atoms with van der Waals surface area (Å²) < 4.78 is 7.81. The average molecular weight is 513 g/mol. The molecule has 7 radical (unpaired) electrons. The van der Waals surface area contributed by atoms with Crippen molar-refractivity contribution >= 4 is 121 Å². The van der Waals surface area contributed by atoms with Crippen molar-refractivity contribution in [1.82, 2.24) is 0 Å². The summed E-state index contributed by atoms with van der Waals surface area (Å²) in [5, 5.41) is 0. The number of rotatable bonds is 0. The van der Waals surface area contributed by atoms with Gasteiger partial charge >= 0.3 is 19.8 Å². The maximum atomic E-state index is 7.81. The molecule has 5 heteroatoms. The summed E-state index contributed by atoms with van der Waals surface area (Å²) in [7, 11) is 0. The van der Waals surface area contributed by atoms with Crippen molar-refractivity contribution in [2.45, 2.75) is 0 Å². The SMILES string of the molecule is [Ba].[Bi].[O]=[Cu].[Sr]. The first-order valence-electron chi connectivity index (χ1n) is 0.123. The predicted octanol–water partition coefficient (Wildman–Crippen LogP) is -1.26. The van der Waals surface area contributed by atoms with Crippen LogP contribution in [0.4, 0.5) is 0 Å². The van der Waals surface area contributed by atoms with E-state index < -0.39 is 0 Å². The van der Waals surface area contributed by atoms with Crippen LogP contribution in [0.25, 0.3) is 0 Å². The molecular formula is BaBiCuOSr. The van der Waals surface area contributed by atoms with Gasteiger partial charge in [-0.2, -0.15) is 0 Å². The van der Waals surface area contributed by atoms with Crippen molar-refractivity contribution in [2.24, 2.45) is 0 Å². The smallest absolute Gasteiger partial charge is 0 e. The zero-order valence-corrected chi connectivity index (χ0v) is 14.9. The molecule has 0 amide bonds. The van der Waals surface area contributed by atoms with Gasteiger partial charge in [-0.15, -0.1) is 0 Å². The minimum Gasteiger partial charge on any atom is 0 e. The molecule has 0 fully saturated rings. The summed E-state index contributed by atoms with van der Waals surface area (Å²) in [5.41, 5.74) is 0. The Morgan fingerprint density at radius 2 is 1.20 bits per heavy atom. The van der Waals surface area contributed by atoms with Crippen LogP contribution in [-0.2, 0) is 19.8 Å². The Morgan fingerprint density at radius 3 is 1.20 bits per heavy atom. The second kappa shape index (κ2) is 24.0. The summed E-state index contributed by atoms with van der Waals surface area (Å²) >= 11 is 2.94. The molecule has 0 bridgehead atoms. The van der Waals surface area contributed by atoms with Crippen LogP contribution in [0.1, 0.15) is 0 Å². The van der Waals surface area contributed by atoms with Gasteiger partial charge in [-0.1, -0.05) is 0 Å². The number of hydrogen-bond acceptors (Lipinski definition) is 1. The van der Waals surface area contributed by atoms with E-state index in [1.807, 2.05) is 0 Å². The molecular weight excluding hydrogens is 513 g/mol. The van der Waals surface area contributed by atoms with Gasteiger partial charge in [0.1, 0.15) is 0 Å². The quantitative estimate of drug-likeness (QED) is 0.370. The third kappa shape index (κ3) is 17.8. The van der Waals surface area contributed by atoms with E-state index in [1.54, 1.807) is 0 Å². The molecule has 1 nitrogen and oxygen atoms in total. The van der Waals surface area contributed by atoms with Gasteiger partial charge < -0.3 is 0 Å².